The Hall–Kier alpha value is -2.98. The zero-order valence-electron chi connectivity index (χ0n) is 14.1. The van der Waals surface area contributed by atoms with Crippen LogP contribution < -0.4 is 10.5 Å². The molecule has 0 saturated heterocycles. The maximum absolute atomic E-state index is 12.5. The average Bonchev–Trinajstić information content (AvgIpc) is 3.27. The van der Waals surface area contributed by atoms with Gasteiger partial charge in [0.2, 0.25) is 5.13 Å². The number of rotatable bonds is 5. The summed E-state index contributed by atoms with van der Waals surface area (Å²) in [6, 6.07) is 13.6. The molecule has 0 saturated carbocycles. The molecule has 2 aromatic heterocycles. The van der Waals surface area contributed by atoms with E-state index in [2.05, 4.69) is 14.1 Å². The largest absolute Gasteiger partial charge is 0.420 e. The fourth-order valence-corrected chi connectivity index (χ4v) is 4.50. The van der Waals surface area contributed by atoms with Crippen molar-refractivity contribution in [2.75, 3.05) is 4.72 Å². The molecule has 0 aliphatic carbocycles. The predicted molar refractivity (Wildman–Crippen MR) is 101 cm³/mol. The normalized spacial score (nSPS) is 12.9. The van der Waals surface area contributed by atoms with E-state index >= 15 is 0 Å². The van der Waals surface area contributed by atoms with E-state index in [9.17, 15) is 13.2 Å². The maximum Gasteiger partial charge on any atom is 0.420 e. The van der Waals surface area contributed by atoms with E-state index in [-0.39, 0.29) is 21.7 Å². The van der Waals surface area contributed by atoms with E-state index in [1.807, 2.05) is 37.3 Å². The van der Waals surface area contributed by atoms with Crippen LogP contribution in [0.4, 0.5) is 5.13 Å². The van der Waals surface area contributed by atoms with Crippen molar-refractivity contribution in [3.8, 4) is 0 Å². The quantitative estimate of drug-likeness (QED) is 0.550. The minimum Gasteiger partial charge on any atom is -0.408 e. The first-order valence-corrected chi connectivity index (χ1v) is 10.2. The first-order chi connectivity index (χ1) is 13.0. The molecule has 0 unspecified atom stereocenters. The van der Waals surface area contributed by atoms with Crippen LogP contribution in [0.3, 0.4) is 0 Å². The second-order valence-electron chi connectivity index (χ2n) is 5.81. The Morgan fingerprint density at radius 2 is 1.96 bits per heavy atom. The van der Waals surface area contributed by atoms with Crippen molar-refractivity contribution in [2.45, 2.75) is 17.9 Å². The molecule has 10 heteroatoms. The summed E-state index contributed by atoms with van der Waals surface area (Å²) >= 11 is 0.927. The highest BCUT2D eigenvalue weighted by molar-refractivity contribution is 7.93. The zero-order valence-corrected chi connectivity index (χ0v) is 15.7. The molecule has 0 aliphatic rings. The van der Waals surface area contributed by atoms with Crippen molar-refractivity contribution in [1.82, 2.24) is 13.9 Å². The van der Waals surface area contributed by atoms with Crippen LogP contribution in [-0.4, -0.2) is 22.3 Å². The van der Waals surface area contributed by atoms with Crippen LogP contribution in [0.2, 0.25) is 0 Å². The third kappa shape index (κ3) is 3.24. The maximum atomic E-state index is 12.5. The van der Waals surface area contributed by atoms with Crippen LogP contribution >= 0.6 is 11.5 Å². The molecular weight excluding hydrogens is 388 g/mol. The molecule has 27 heavy (non-hydrogen) atoms. The van der Waals surface area contributed by atoms with E-state index in [4.69, 9.17) is 4.42 Å². The van der Waals surface area contributed by atoms with Crippen LogP contribution in [0, 0.1) is 0 Å². The molecule has 0 aliphatic heterocycles. The lowest BCUT2D eigenvalue weighted by Gasteiger charge is -2.13. The number of oxazole rings is 1. The van der Waals surface area contributed by atoms with E-state index in [0.29, 0.717) is 5.52 Å². The first-order valence-electron chi connectivity index (χ1n) is 7.95. The second-order valence-corrected chi connectivity index (χ2v) is 8.27. The summed E-state index contributed by atoms with van der Waals surface area (Å²) < 4.78 is 37.9. The number of sulfonamides is 1. The van der Waals surface area contributed by atoms with Crippen LogP contribution in [0.5, 0.6) is 0 Å². The molecule has 0 radical (unpaired) electrons. The third-order valence-electron chi connectivity index (χ3n) is 4.15. The molecule has 4 rings (SSSR count). The lowest BCUT2D eigenvalue weighted by Crippen LogP contribution is -2.19. The highest BCUT2D eigenvalue weighted by atomic mass is 32.2. The monoisotopic (exact) mass is 402 g/mol. The van der Waals surface area contributed by atoms with Gasteiger partial charge >= 0.3 is 5.76 Å². The number of anilines is 1. The molecule has 2 heterocycles. The smallest absolute Gasteiger partial charge is 0.408 e. The minimum absolute atomic E-state index is 0.0292. The number of hydrogen-bond donors (Lipinski definition) is 1. The molecule has 4 aromatic rings. The van der Waals surface area contributed by atoms with Gasteiger partial charge in [0, 0.05) is 17.6 Å². The summed E-state index contributed by atoms with van der Waals surface area (Å²) in [4.78, 5) is 16.2. The molecule has 1 atom stereocenters. The number of nitrogens with one attached hydrogen (secondary N) is 1. The summed E-state index contributed by atoms with van der Waals surface area (Å²) in [6.45, 7) is 1.88. The summed E-state index contributed by atoms with van der Waals surface area (Å²) in [6.07, 6.45) is 1.26. The highest BCUT2D eigenvalue weighted by Crippen LogP contribution is 2.25. The average molecular weight is 402 g/mol. The van der Waals surface area contributed by atoms with Crippen LogP contribution in [0.25, 0.3) is 11.1 Å². The van der Waals surface area contributed by atoms with Gasteiger partial charge in [0.25, 0.3) is 10.0 Å². The van der Waals surface area contributed by atoms with Gasteiger partial charge < -0.3 is 4.42 Å². The van der Waals surface area contributed by atoms with Gasteiger partial charge in [0.1, 0.15) is 6.33 Å². The molecule has 0 amide bonds. The molecule has 0 spiro atoms. The Balaban J connectivity index is 1.76. The van der Waals surface area contributed by atoms with E-state index in [0.717, 1.165) is 17.1 Å². The van der Waals surface area contributed by atoms with Gasteiger partial charge in [-0.15, -0.1) is 0 Å². The minimum atomic E-state index is -3.86. The number of benzene rings is 2. The van der Waals surface area contributed by atoms with Gasteiger partial charge in [-0.05, 0) is 24.6 Å². The van der Waals surface area contributed by atoms with Gasteiger partial charge in [-0.2, -0.15) is 4.37 Å². The van der Waals surface area contributed by atoms with Crippen molar-refractivity contribution in [1.29, 1.82) is 0 Å². The third-order valence-corrected chi connectivity index (χ3v) is 6.19. The van der Waals surface area contributed by atoms with Crippen LogP contribution in [-0.2, 0) is 10.0 Å². The van der Waals surface area contributed by atoms with Gasteiger partial charge in [-0.3, -0.25) is 9.29 Å². The van der Waals surface area contributed by atoms with Crippen molar-refractivity contribution < 1.29 is 12.8 Å². The van der Waals surface area contributed by atoms with E-state index < -0.39 is 15.8 Å². The summed E-state index contributed by atoms with van der Waals surface area (Å²) in [5.41, 5.74) is 1.66. The molecular formula is C17H14N4O4S2. The Labute approximate surface area is 158 Å². The number of nitrogens with zero attached hydrogens (tertiary/aromatic N) is 3. The second kappa shape index (κ2) is 6.63. The molecule has 1 N–H and O–H groups in total. The summed E-state index contributed by atoms with van der Waals surface area (Å²) in [5, 5.41) is 0.159. The van der Waals surface area contributed by atoms with Crippen molar-refractivity contribution in [2.24, 2.45) is 0 Å². The standard InChI is InChI=1S/C17H14N4O4S2/c1-11(12-5-3-2-4-6-12)21-14-8-7-13(9-15(14)25-17(21)22)27(23,24)20-16-18-10-19-26-16/h2-11H,1H3,(H,18,19,20)/t11-/m1/s1. The molecule has 8 nitrogen and oxygen atoms in total. The topological polar surface area (TPSA) is 107 Å². The fraction of sp³-hybridized carbons (Fsp3) is 0.118. The first kappa shape index (κ1) is 17.4. The SMILES string of the molecule is C[C@H](c1ccccc1)n1c(=O)oc2cc(S(=O)(=O)Nc3ncns3)ccc21. The molecule has 0 bridgehead atoms. The van der Waals surface area contributed by atoms with Crippen LogP contribution in [0.15, 0.2) is 69.0 Å². The lowest BCUT2D eigenvalue weighted by atomic mass is 10.1. The number of fused-ring (bicyclic) bond motifs is 1. The Morgan fingerprint density at radius 1 is 1.19 bits per heavy atom. The predicted octanol–water partition coefficient (Wildman–Crippen LogP) is 2.86. The van der Waals surface area contributed by atoms with Gasteiger partial charge in [-0.1, -0.05) is 30.3 Å². The van der Waals surface area contributed by atoms with Gasteiger partial charge in [0.15, 0.2) is 5.58 Å². The highest BCUT2D eigenvalue weighted by Gasteiger charge is 2.21. The fourth-order valence-electron chi connectivity index (χ4n) is 2.82. The Bertz CT molecular complexity index is 1250. The van der Waals surface area contributed by atoms with Crippen LogP contribution in [0.1, 0.15) is 18.5 Å². The number of hydrogen-bond acceptors (Lipinski definition) is 7. The summed E-state index contributed by atoms with van der Waals surface area (Å²) in [5.74, 6) is -0.548. The zero-order chi connectivity index (χ0) is 19.0. The van der Waals surface area contributed by atoms with E-state index in [1.54, 1.807) is 6.07 Å². The van der Waals surface area contributed by atoms with Gasteiger partial charge in [-0.25, -0.2) is 18.2 Å². The van der Waals surface area contributed by atoms with E-state index in [1.165, 1.54) is 23.0 Å². The van der Waals surface area contributed by atoms with Gasteiger partial charge in [0.05, 0.1) is 16.5 Å². The Kier molecular flexibility index (Phi) is 4.28. The number of aromatic nitrogens is 3. The lowest BCUT2D eigenvalue weighted by molar-refractivity contribution is 0.489. The van der Waals surface area contributed by atoms with Crippen molar-refractivity contribution in [3.05, 3.63) is 71.0 Å². The van der Waals surface area contributed by atoms with Crippen molar-refractivity contribution in [3.63, 3.8) is 0 Å². The summed E-state index contributed by atoms with van der Waals surface area (Å²) in [7, 11) is -3.86. The molecule has 0 fully saturated rings. The van der Waals surface area contributed by atoms with Crippen molar-refractivity contribution >= 4 is 37.8 Å². The molecule has 2 aromatic carbocycles. The molecule has 138 valence electrons. The Morgan fingerprint density at radius 3 is 2.67 bits per heavy atom.